The number of ether oxygens (including phenoxy) is 1. The smallest absolute Gasteiger partial charge is 0.231 e. The van der Waals surface area contributed by atoms with E-state index in [4.69, 9.17) is 10.5 Å². The highest BCUT2D eigenvalue weighted by Gasteiger charge is 2.21. The van der Waals surface area contributed by atoms with Crippen molar-refractivity contribution < 1.29 is 9.53 Å². The summed E-state index contributed by atoms with van der Waals surface area (Å²) in [6, 6.07) is 7.45. The molecule has 1 unspecified atom stereocenters. The Balaban J connectivity index is 2.95. The summed E-state index contributed by atoms with van der Waals surface area (Å²) >= 11 is 0. The number of benzene rings is 1. The summed E-state index contributed by atoms with van der Waals surface area (Å²) in [5.74, 6) is 0.583. The van der Waals surface area contributed by atoms with Gasteiger partial charge in [0, 0.05) is 13.6 Å². The van der Waals surface area contributed by atoms with Gasteiger partial charge in [-0.3, -0.25) is 4.79 Å². The fraction of sp³-hybridized carbons (Fsp3) is 0.462. The van der Waals surface area contributed by atoms with E-state index < -0.39 is 0 Å². The lowest BCUT2D eigenvalue weighted by Gasteiger charge is -2.23. The maximum Gasteiger partial charge on any atom is 0.231 e. The lowest BCUT2D eigenvalue weighted by atomic mass is 10.1. The third kappa shape index (κ3) is 2.97. The molecule has 0 heterocycles. The molecule has 2 N–H and O–H groups in total. The maximum atomic E-state index is 12.2. The highest BCUT2D eigenvalue weighted by Crippen LogP contribution is 2.27. The van der Waals surface area contributed by atoms with Gasteiger partial charge in [0.15, 0.2) is 0 Å². The monoisotopic (exact) mass is 236 g/mol. The molecule has 17 heavy (non-hydrogen) atoms. The number of carbonyl (C=O) groups is 1. The lowest BCUT2D eigenvalue weighted by Crippen LogP contribution is -2.36. The van der Waals surface area contributed by atoms with Gasteiger partial charge in [0.2, 0.25) is 5.91 Å². The fourth-order valence-electron chi connectivity index (χ4n) is 1.74. The standard InChI is InChI=1S/C13H20N2O2/c1-4-10(9-14)13(16)15(2)11-7-5-6-8-12(11)17-3/h5-8,10H,4,9,14H2,1-3H3. The van der Waals surface area contributed by atoms with E-state index in [0.29, 0.717) is 12.3 Å². The van der Waals surface area contributed by atoms with E-state index in [9.17, 15) is 4.79 Å². The minimum Gasteiger partial charge on any atom is -0.495 e. The lowest BCUT2D eigenvalue weighted by molar-refractivity contribution is -0.121. The number of para-hydroxylation sites is 2. The first kappa shape index (κ1) is 13.5. The van der Waals surface area contributed by atoms with Crippen molar-refractivity contribution in [2.45, 2.75) is 13.3 Å². The molecule has 1 atom stereocenters. The fourth-order valence-corrected chi connectivity index (χ4v) is 1.74. The number of rotatable bonds is 5. The van der Waals surface area contributed by atoms with Crippen molar-refractivity contribution in [2.75, 3.05) is 25.6 Å². The molecule has 0 radical (unpaired) electrons. The number of amides is 1. The zero-order chi connectivity index (χ0) is 12.8. The molecule has 0 saturated carbocycles. The molecule has 0 aliphatic rings. The van der Waals surface area contributed by atoms with Crippen LogP contribution in [0.25, 0.3) is 0 Å². The van der Waals surface area contributed by atoms with Crippen LogP contribution in [0.15, 0.2) is 24.3 Å². The quantitative estimate of drug-likeness (QED) is 0.845. The van der Waals surface area contributed by atoms with Crippen LogP contribution < -0.4 is 15.4 Å². The SMILES string of the molecule is CCC(CN)C(=O)N(C)c1ccccc1OC. The maximum absolute atomic E-state index is 12.2. The summed E-state index contributed by atoms with van der Waals surface area (Å²) in [6.07, 6.45) is 0.745. The van der Waals surface area contributed by atoms with Crippen molar-refractivity contribution in [3.05, 3.63) is 24.3 Å². The molecule has 0 aliphatic carbocycles. The molecule has 1 aromatic carbocycles. The molecule has 0 saturated heterocycles. The number of anilines is 1. The molecule has 0 aliphatic heterocycles. The molecule has 0 bridgehead atoms. The van der Waals surface area contributed by atoms with E-state index in [1.807, 2.05) is 31.2 Å². The van der Waals surface area contributed by atoms with E-state index in [0.717, 1.165) is 12.1 Å². The Bertz CT molecular complexity index is 375. The second kappa shape index (κ2) is 6.25. The molecule has 1 amide bonds. The van der Waals surface area contributed by atoms with Gasteiger partial charge in [-0.2, -0.15) is 0 Å². The van der Waals surface area contributed by atoms with E-state index in [1.165, 1.54) is 0 Å². The molecule has 0 fully saturated rings. The third-order valence-electron chi connectivity index (χ3n) is 2.90. The summed E-state index contributed by atoms with van der Waals surface area (Å²) in [6.45, 7) is 2.33. The van der Waals surface area contributed by atoms with E-state index in [1.54, 1.807) is 19.1 Å². The van der Waals surface area contributed by atoms with Gasteiger partial charge < -0.3 is 15.4 Å². The Morgan fingerprint density at radius 1 is 1.47 bits per heavy atom. The molecule has 4 heteroatoms. The molecule has 94 valence electrons. The molecular formula is C13H20N2O2. The second-order valence-electron chi connectivity index (χ2n) is 3.91. The van der Waals surface area contributed by atoms with Crippen molar-refractivity contribution >= 4 is 11.6 Å². The van der Waals surface area contributed by atoms with Crippen LogP contribution in [0.2, 0.25) is 0 Å². The van der Waals surface area contributed by atoms with Crippen LogP contribution in [-0.4, -0.2) is 26.6 Å². The van der Waals surface area contributed by atoms with Crippen LogP contribution in [0, 0.1) is 5.92 Å². The van der Waals surface area contributed by atoms with Crippen LogP contribution in [0.4, 0.5) is 5.69 Å². The van der Waals surface area contributed by atoms with Gasteiger partial charge in [-0.15, -0.1) is 0 Å². The van der Waals surface area contributed by atoms with Gasteiger partial charge >= 0.3 is 0 Å². The normalized spacial score (nSPS) is 12.0. The van der Waals surface area contributed by atoms with Gasteiger partial charge in [-0.05, 0) is 18.6 Å². The van der Waals surface area contributed by atoms with E-state index in [-0.39, 0.29) is 11.8 Å². The van der Waals surface area contributed by atoms with E-state index in [2.05, 4.69) is 0 Å². The van der Waals surface area contributed by atoms with Crippen LogP contribution in [0.1, 0.15) is 13.3 Å². The van der Waals surface area contributed by atoms with Gasteiger partial charge in [0.1, 0.15) is 5.75 Å². The first-order valence-corrected chi connectivity index (χ1v) is 5.76. The molecule has 1 rings (SSSR count). The average molecular weight is 236 g/mol. The first-order chi connectivity index (χ1) is 8.15. The van der Waals surface area contributed by atoms with Crippen molar-refractivity contribution in [2.24, 2.45) is 11.7 Å². The predicted octanol–water partition coefficient (Wildman–Crippen LogP) is 1.64. The number of carbonyl (C=O) groups excluding carboxylic acids is 1. The van der Waals surface area contributed by atoms with Gasteiger partial charge in [0.05, 0.1) is 18.7 Å². The van der Waals surface area contributed by atoms with Crippen molar-refractivity contribution in [1.82, 2.24) is 0 Å². The second-order valence-corrected chi connectivity index (χ2v) is 3.91. The van der Waals surface area contributed by atoms with Crippen LogP contribution >= 0.6 is 0 Å². The van der Waals surface area contributed by atoms with Crippen molar-refractivity contribution in [3.63, 3.8) is 0 Å². The Hall–Kier alpha value is -1.55. The van der Waals surface area contributed by atoms with Crippen molar-refractivity contribution in [3.8, 4) is 5.75 Å². The third-order valence-corrected chi connectivity index (χ3v) is 2.90. The minimum atomic E-state index is -0.134. The van der Waals surface area contributed by atoms with Crippen LogP contribution in [0.5, 0.6) is 5.75 Å². The average Bonchev–Trinajstić information content (AvgIpc) is 2.39. The Kier molecular flexibility index (Phi) is 4.97. The largest absolute Gasteiger partial charge is 0.495 e. The van der Waals surface area contributed by atoms with Crippen LogP contribution in [-0.2, 0) is 4.79 Å². The first-order valence-electron chi connectivity index (χ1n) is 5.76. The Labute approximate surface area is 102 Å². The van der Waals surface area contributed by atoms with Gasteiger partial charge in [-0.25, -0.2) is 0 Å². The summed E-state index contributed by atoms with van der Waals surface area (Å²) in [5.41, 5.74) is 6.36. The number of nitrogens with zero attached hydrogens (tertiary/aromatic N) is 1. The summed E-state index contributed by atoms with van der Waals surface area (Å²) < 4.78 is 5.24. The molecule has 0 aromatic heterocycles. The highest BCUT2D eigenvalue weighted by atomic mass is 16.5. The number of nitrogens with two attached hydrogens (primary N) is 1. The topological polar surface area (TPSA) is 55.6 Å². The molecular weight excluding hydrogens is 216 g/mol. The molecule has 4 nitrogen and oxygen atoms in total. The summed E-state index contributed by atoms with van der Waals surface area (Å²) in [4.78, 5) is 13.8. The number of hydrogen-bond acceptors (Lipinski definition) is 3. The number of methoxy groups -OCH3 is 1. The van der Waals surface area contributed by atoms with Crippen molar-refractivity contribution in [1.29, 1.82) is 0 Å². The highest BCUT2D eigenvalue weighted by molar-refractivity contribution is 5.96. The van der Waals surface area contributed by atoms with E-state index >= 15 is 0 Å². The zero-order valence-electron chi connectivity index (χ0n) is 10.6. The van der Waals surface area contributed by atoms with Gasteiger partial charge in [0.25, 0.3) is 0 Å². The van der Waals surface area contributed by atoms with Crippen LogP contribution in [0.3, 0.4) is 0 Å². The minimum absolute atomic E-state index is 0.0273. The van der Waals surface area contributed by atoms with Gasteiger partial charge in [-0.1, -0.05) is 19.1 Å². The Morgan fingerprint density at radius 2 is 2.12 bits per heavy atom. The zero-order valence-corrected chi connectivity index (χ0v) is 10.6. The Morgan fingerprint density at radius 3 is 2.65 bits per heavy atom. The summed E-state index contributed by atoms with van der Waals surface area (Å²) in [7, 11) is 3.34. The summed E-state index contributed by atoms with van der Waals surface area (Å²) in [5, 5.41) is 0. The molecule has 1 aromatic rings. The number of hydrogen-bond donors (Lipinski definition) is 1. The predicted molar refractivity (Wildman–Crippen MR) is 69.2 cm³/mol. The molecule has 0 spiro atoms.